The summed E-state index contributed by atoms with van der Waals surface area (Å²) in [6.45, 7) is 5.04. The van der Waals surface area contributed by atoms with E-state index in [1.165, 1.54) is 7.11 Å². The number of carbonyl (C=O) groups excluding carboxylic acids is 3. The van der Waals surface area contributed by atoms with Crippen LogP contribution in [0.3, 0.4) is 0 Å². The maximum Gasteiger partial charge on any atom is 0.341 e. The zero-order valence-electron chi connectivity index (χ0n) is 17.0. The van der Waals surface area contributed by atoms with Crippen LogP contribution in [0.5, 0.6) is 11.5 Å². The summed E-state index contributed by atoms with van der Waals surface area (Å²) in [5.41, 5.74) is 0.607. The summed E-state index contributed by atoms with van der Waals surface area (Å²) >= 11 is 1.02. The van der Waals surface area contributed by atoms with Crippen molar-refractivity contribution in [2.45, 2.75) is 26.8 Å². The van der Waals surface area contributed by atoms with E-state index in [0.717, 1.165) is 11.3 Å². The molecule has 2 amide bonds. The van der Waals surface area contributed by atoms with Gasteiger partial charge in [-0.3, -0.25) is 9.59 Å². The van der Waals surface area contributed by atoms with Gasteiger partial charge in [-0.15, -0.1) is 11.3 Å². The molecule has 0 atom stereocenters. The highest BCUT2D eigenvalue weighted by Crippen LogP contribution is 2.33. The van der Waals surface area contributed by atoms with E-state index in [1.807, 2.05) is 13.8 Å². The van der Waals surface area contributed by atoms with Crippen molar-refractivity contribution in [1.29, 1.82) is 0 Å². The predicted molar refractivity (Wildman–Crippen MR) is 110 cm³/mol. The minimum Gasteiger partial charge on any atom is -0.497 e. The number of carbonyl (C=O) groups is 3. The first-order valence-corrected chi connectivity index (χ1v) is 9.67. The lowest BCUT2D eigenvalue weighted by atomic mass is 10.1. The summed E-state index contributed by atoms with van der Waals surface area (Å²) in [7, 11) is 2.80. The fraction of sp³-hybridized carbons (Fsp3) is 0.350. The fourth-order valence-corrected chi connectivity index (χ4v) is 3.59. The van der Waals surface area contributed by atoms with Crippen molar-refractivity contribution in [3.05, 3.63) is 40.3 Å². The van der Waals surface area contributed by atoms with Crippen molar-refractivity contribution >= 4 is 34.1 Å². The fourth-order valence-electron chi connectivity index (χ4n) is 2.48. The van der Waals surface area contributed by atoms with Crippen LogP contribution in [0.2, 0.25) is 0 Å². The van der Waals surface area contributed by atoms with Gasteiger partial charge in [-0.1, -0.05) is 0 Å². The maximum absolute atomic E-state index is 12.4. The molecule has 0 saturated carbocycles. The summed E-state index contributed by atoms with van der Waals surface area (Å²) in [5.74, 6) is -0.251. The SMILES string of the molecule is COC(=O)c1c(NC(=O)COc2ccc(OC)cc2)sc(C(=O)NC(C)C)c1C. The van der Waals surface area contributed by atoms with Crippen LogP contribution in [-0.2, 0) is 9.53 Å². The number of nitrogens with one attached hydrogen (secondary N) is 2. The van der Waals surface area contributed by atoms with Gasteiger partial charge in [0, 0.05) is 6.04 Å². The Bertz CT molecular complexity index is 889. The number of ether oxygens (including phenoxy) is 3. The summed E-state index contributed by atoms with van der Waals surface area (Å²) in [6.07, 6.45) is 0. The molecule has 2 N–H and O–H groups in total. The van der Waals surface area contributed by atoms with Crippen molar-refractivity contribution < 1.29 is 28.6 Å². The first-order valence-electron chi connectivity index (χ1n) is 8.86. The molecular formula is C20H24N2O6S. The highest BCUT2D eigenvalue weighted by atomic mass is 32.1. The third kappa shape index (κ3) is 5.71. The number of esters is 1. The van der Waals surface area contributed by atoms with Crippen molar-refractivity contribution in [2.75, 3.05) is 26.1 Å². The molecule has 0 spiro atoms. The predicted octanol–water partition coefficient (Wildman–Crippen LogP) is 3.01. The summed E-state index contributed by atoms with van der Waals surface area (Å²) in [5, 5.41) is 5.66. The summed E-state index contributed by atoms with van der Waals surface area (Å²) < 4.78 is 15.3. The summed E-state index contributed by atoms with van der Waals surface area (Å²) in [4.78, 5) is 37.3. The van der Waals surface area contributed by atoms with Crippen LogP contribution in [0.25, 0.3) is 0 Å². The van der Waals surface area contributed by atoms with Crippen LogP contribution in [0, 0.1) is 6.92 Å². The molecule has 0 unspecified atom stereocenters. The van der Waals surface area contributed by atoms with E-state index in [2.05, 4.69) is 10.6 Å². The van der Waals surface area contributed by atoms with Gasteiger partial charge in [-0.2, -0.15) is 0 Å². The molecule has 9 heteroatoms. The smallest absolute Gasteiger partial charge is 0.341 e. The molecule has 0 fully saturated rings. The van der Waals surface area contributed by atoms with Gasteiger partial charge in [0.05, 0.1) is 24.7 Å². The van der Waals surface area contributed by atoms with Crippen LogP contribution < -0.4 is 20.1 Å². The quantitative estimate of drug-likeness (QED) is 0.637. The number of hydrogen-bond acceptors (Lipinski definition) is 7. The molecule has 1 aromatic heterocycles. The first-order chi connectivity index (χ1) is 13.8. The lowest BCUT2D eigenvalue weighted by Gasteiger charge is -2.08. The second kappa shape index (κ2) is 9.92. The molecule has 1 heterocycles. The Kier molecular flexibility index (Phi) is 7.60. The zero-order valence-corrected chi connectivity index (χ0v) is 17.8. The van der Waals surface area contributed by atoms with Gasteiger partial charge in [-0.25, -0.2) is 4.79 Å². The third-order valence-electron chi connectivity index (χ3n) is 3.84. The monoisotopic (exact) mass is 420 g/mol. The molecule has 29 heavy (non-hydrogen) atoms. The largest absolute Gasteiger partial charge is 0.497 e. The normalized spacial score (nSPS) is 10.4. The minimum absolute atomic E-state index is 0.0680. The average molecular weight is 420 g/mol. The lowest BCUT2D eigenvalue weighted by Crippen LogP contribution is -2.29. The van der Waals surface area contributed by atoms with Gasteiger partial charge in [0.15, 0.2) is 6.61 Å². The zero-order chi connectivity index (χ0) is 21.6. The number of benzene rings is 1. The highest BCUT2D eigenvalue weighted by molar-refractivity contribution is 7.18. The van der Waals surface area contributed by atoms with E-state index >= 15 is 0 Å². The molecular weight excluding hydrogens is 396 g/mol. The average Bonchev–Trinajstić information content (AvgIpc) is 3.01. The molecule has 156 valence electrons. The Balaban J connectivity index is 2.15. The van der Waals surface area contributed by atoms with Gasteiger partial charge in [-0.05, 0) is 50.6 Å². The van der Waals surface area contributed by atoms with Crippen LogP contribution in [-0.4, -0.2) is 44.7 Å². The Morgan fingerprint density at radius 1 is 1.07 bits per heavy atom. The lowest BCUT2D eigenvalue weighted by molar-refractivity contribution is -0.118. The van der Waals surface area contributed by atoms with Gasteiger partial charge in [0.25, 0.3) is 11.8 Å². The molecule has 8 nitrogen and oxygen atoms in total. The van der Waals surface area contributed by atoms with E-state index in [-0.39, 0.29) is 29.1 Å². The van der Waals surface area contributed by atoms with Crippen LogP contribution >= 0.6 is 11.3 Å². The Morgan fingerprint density at radius 2 is 1.69 bits per heavy atom. The second-order valence-corrected chi connectivity index (χ2v) is 7.41. The number of thiophene rings is 1. The van der Waals surface area contributed by atoms with Crippen LogP contribution in [0.15, 0.2) is 24.3 Å². The molecule has 0 aliphatic rings. The van der Waals surface area contributed by atoms with Gasteiger partial charge in [0.2, 0.25) is 0 Å². The van der Waals surface area contributed by atoms with E-state index < -0.39 is 11.9 Å². The Hall–Kier alpha value is -3.07. The van der Waals surface area contributed by atoms with Crippen molar-refractivity contribution in [1.82, 2.24) is 5.32 Å². The first kappa shape index (κ1) is 22.2. The molecule has 0 aliphatic carbocycles. The molecule has 2 rings (SSSR count). The van der Waals surface area contributed by atoms with Crippen LogP contribution in [0.1, 0.15) is 39.4 Å². The molecule has 0 aliphatic heterocycles. The van der Waals surface area contributed by atoms with E-state index in [9.17, 15) is 14.4 Å². The number of anilines is 1. The van der Waals surface area contributed by atoms with Gasteiger partial charge >= 0.3 is 5.97 Å². The van der Waals surface area contributed by atoms with Crippen molar-refractivity contribution in [3.8, 4) is 11.5 Å². The Morgan fingerprint density at radius 3 is 2.24 bits per heavy atom. The number of amides is 2. The molecule has 2 aromatic rings. The van der Waals surface area contributed by atoms with Gasteiger partial charge < -0.3 is 24.8 Å². The summed E-state index contributed by atoms with van der Waals surface area (Å²) in [6, 6.07) is 6.71. The Labute approximate surface area is 173 Å². The third-order valence-corrected chi connectivity index (χ3v) is 5.05. The van der Waals surface area contributed by atoms with Crippen molar-refractivity contribution in [3.63, 3.8) is 0 Å². The molecule has 0 saturated heterocycles. The molecule has 1 aromatic carbocycles. The van der Waals surface area contributed by atoms with Gasteiger partial charge in [0.1, 0.15) is 16.5 Å². The van der Waals surface area contributed by atoms with E-state index in [4.69, 9.17) is 14.2 Å². The van der Waals surface area contributed by atoms with E-state index in [1.54, 1.807) is 38.3 Å². The maximum atomic E-state index is 12.4. The molecule has 0 radical (unpaired) electrons. The number of rotatable bonds is 8. The number of methoxy groups -OCH3 is 2. The highest BCUT2D eigenvalue weighted by Gasteiger charge is 2.26. The minimum atomic E-state index is -0.631. The number of hydrogen-bond donors (Lipinski definition) is 2. The second-order valence-electron chi connectivity index (χ2n) is 6.39. The molecule has 0 bridgehead atoms. The van der Waals surface area contributed by atoms with Crippen LogP contribution in [0.4, 0.5) is 5.00 Å². The van der Waals surface area contributed by atoms with Crippen molar-refractivity contribution in [2.24, 2.45) is 0 Å². The topological polar surface area (TPSA) is 103 Å². The standard InChI is InChI=1S/C20H24N2O6S/c1-11(2)21-18(24)17-12(3)16(20(25)27-5)19(29-17)22-15(23)10-28-14-8-6-13(26-4)7-9-14/h6-9,11H,10H2,1-5H3,(H,21,24)(H,22,23). The van der Waals surface area contributed by atoms with E-state index in [0.29, 0.717) is 21.9 Å².